The van der Waals surface area contributed by atoms with Crippen LogP contribution in [-0.2, 0) is 0 Å². The fraction of sp³-hybridized carbons (Fsp3) is 0.360. The minimum Gasteiger partial charge on any atom is -0.351 e. The first-order valence-corrected chi connectivity index (χ1v) is 12.1. The SMILES string of the molecule is C[C@@H]1CCC[C@@H](C)N1CCNC(=O)c1cc(Sc2cccc(Cl)c2)nc2ccccc12. The fourth-order valence-corrected chi connectivity index (χ4v) is 5.50. The second kappa shape index (κ2) is 10.0. The van der Waals surface area contributed by atoms with Crippen molar-refractivity contribution in [2.24, 2.45) is 0 Å². The van der Waals surface area contributed by atoms with Crippen molar-refractivity contribution in [3.8, 4) is 0 Å². The number of rotatable bonds is 6. The molecule has 1 amide bonds. The maximum atomic E-state index is 13.1. The van der Waals surface area contributed by atoms with Gasteiger partial charge in [-0.05, 0) is 57.0 Å². The zero-order chi connectivity index (χ0) is 21.8. The largest absolute Gasteiger partial charge is 0.351 e. The molecule has 1 N–H and O–H groups in total. The summed E-state index contributed by atoms with van der Waals surface area (Å²) in [5.41, 5.74) is 1.48. The summed E-state index contributed by atoms with van der Waals surface area (Å²) in [6, 6.07) is 18.5. The molecule has 2 atom stereocenters. The van der Waals surface area contributed by atoms with E-state index in [9.17, 15) is 4.79 Å². The molecule has 2 heterocycles. The molecular formula is C25H28ClN3OS. The van der Waals surface area contributed by atoms with Gasteiger partial charge in [-0.25, -0.2) is 4.98 Å². The van der Waals surface area contributed by atoms with Crippen molar-refractivity contribution in [2.45, 2.75) is 55.1 Å². The molecule has 162 valence electrons. The van der Waals surface area contributed by atoms with Gasteiger partial charge in [-0.3, -0.25) is 9.69 Å². The van der Waals surface area contributed by atoms with Gasteiger partial charge in [-0.1, -0.05) is 54.0 Å². The molecule has 0 spiro atoms. The number of carbonyl (C=O) groups excluding carboxylic acids is 1. The molecule has 1 aromatic heterocycles. The number of carbonyl (C=O) groups is 1. The number of hydrogen-bond acceptors (Lipinski definition) is 4. The number of hydrogen-bond donors (Lipinski definition) is 1. The summed E-state index contributed by atoms with van der Waals surface area (Å²) in [5.74, 6) is -0.0520. The number of likely N-dealkylation sites (tertiary alicyclic amines) is 1. The zero-order valence-electron chi connectivity index (χ0n) is 18.0. The van der Waals surface area contributed by atoms with Crippen LogP contribution in [0.5, 0.6) is 0 Å². The summed E-state index contributed by atoms with van der Waals surface area (Å²) in [6.45, 7) is 6.09. The Bertz CT molecular complexity index is 1060. The average molecular weight is 454 g/mol. The van der Waals surface area contributed by atoms with Gasteiger partial charge in [-0.2, -0.15) is 0 Å². The molecule has 4 nitrogen and oxygen atoms in total. The molecule has 6 heteroatoms. The third-order valence-electron chi connectivity index (χ3n) is 5.99. The van der Waals surface area contributed by atoms with Gasteiger partial charge in [0.1, 0.15) is 5.03 Å². The van der Waals surface area contributed by atoms with Crippen LogP contribution in [0.25, 0.3) is 10.9 Å². The Kier molecular flexibility index (Phi) is 7.16. The van der Waals surface area contributed by atoms with Gasteiger partial charge in [0, 0.05) is 40.5 Å². The maximum absolute atomic E-state index is 13.1. The molecule has 2 aromatic carbocycles. The van der Waals surface area contributed by atoms with Crippen LogP contribution < -0.4 is 5.32 Å². The van der Waals surface area contributed by atoms with Crippen molar-refractivity contribution >= 4 is 40.2 Å². The van der Waals surface area contributed by atoms with E-state index in [1.54, 1.807) is 0 Å². The van der Waals surface area contributed by atoms with Gasteiger partial charge in [0.2, 0.25) is 0 Å². The van der Waals surface area contributed by atoms with E-state index in [4.69, 9.17) is 16.6 Å². The van der Waals surface area contributed by atoms with Crippen LogP contribution in [0.15, 0.2) is 64.5 Å². The van der Waals surface area contributed by atoms with E-state index in [1.807, 2.05) is 54.6 Å². The van der Waals surface area contributed by atoms with E-state index in [-0.39, 0.29) is 5.91 Å². The lowest BCUT2D eigenvalue weighted by molar-refractivity contribution is 0.0890. The van der Waals surface area contributed by atoms with Gasteiger partial charge in [0.15, 0.2) is 0 Å². The number of pyridine rings is 1. The summed E-state index contributed by atoms with van der Waals surface area (Å²) in [7, 11) is 0. The Labute approximate surface area is 193 Å². The molecule has 0 unspecified atom stereocenters. The van der Waals surface area contributed by atoms with Gasteiger partial charge >= 0.3 is 0 Å². The molecule has 1 aliphatic heterocycles. The molecule has 1 aliphatic rings. The Morgan fingerprint density at radius 1 is 1.13 bits per heavy atom. The number of nitrogens with zero attached hydrogens (tertiary/aromatic N) is 2. The van der Waals surface area contributed by atoms with Crippen LogP contribution >= 0.6 is 23.4 Å². The van der Waals surface area contributed by atoms with E-state index in [2.05, 4.69) is 24.1 Å². The van der Waals surface area contributed by atoms with E-state index in [0.29, 0.717) is 29.2 Å². The topological polar surface area (TPSA) is 45.2 Å². The number of halogens is 1. The summed E-state index contributed by atoms with van der Waals surface area (Å²) in [5, 5.41) is 5.48. The lowest BCUT2D eigenvalue weighted by Gasteiger charge is -2.39. The molecule has 3 aromatic rings. The predicted octanol–water partition coefficient (Wildman–Crippen LogP) is 6.03. The number of para-hydroxylation sites is 1. The summed E-state index contributed by atoms with van der Waals surface area (Å²) >= 11 is 7.64. The van der Waals surface area contributed by atoms with E-state index in [0.717, 1.165) is 27.4 Å². The molecular weight excluding hydrogens is 426 g/mol. The second-order valence-electron chi connectivity index (χ2n) is 8.21. The van der Waals surface area contributed by atoms with E-state index < -0.39 is 0 Å². The highest BCUT2D eigenvalue weighted by Gasteiger charge is 2.24. The Morgan fingerprint density at radius 2 is 1.90 bits per heavy atom. The van der Waals surface area contributed by atoms with E-state index in [1.165, 1.54) is 31.0 Å². The molecule has 1 fully saturated rings. The van der Waals surface area contributed by atoms with Crippen LogP contribution in [0.3, 0.4) is 0 Å². The van der Waals surface area contributed by atoms with Gasteiger partial charge in [0.25, 0.3) is 5.91 Å². The third kappa shape index (κ3) is 5.40. The van der Waals surface area contributed by atoms with Gasteiger partial charge in [-0.15, -0.1) is 0 Å². The first kappa shape index (κ1) is 22.1. The smallest absolute Gasteiger partial charge is 0.252 e. The number of aromatic nitrogens is 1. The lowest BCUT2D eigenvalue weighted by atomic mass is 9.98. The Hall–Kier alpha value is -2.08. The molecule has 1 saturated heterocycles. The minimum atomic E-state index is -0.0520. The van der Waals surface area contributed by atoms with E-state index >= 15 is 0 Å². The highest BCUT2D eigenvalue weighted by Crippen LogP contribution is 2.31. The lowest BCUT2D eigenvalue weighted by Crippen LogP contribution is -2.47. The van der Waals surface area contributed by atoms with Crippen molar-refractivity contribution in [3.63, 3.8) is 0 Å². The Balaban J connectivity index is 1.52. The van der Waals surface area contributed by atoms with Crippen molar-refractivity contribution in [1.82, 2.24) is 15.2 Å². The molecule has 31 heavy (non-hydrogen) atoms. The molecule has 4 rings (SSSR count). The summed E-state index contributed by atoms with van der Waals surface area (Å²) in [6.07, 6.45) is 3.76. The van der Waals surface area contributed by atoms with Gasteiger partial charge in [0.05, 0.1) is 11.1 Å². The van der Waals surface area contributed by atoms with Crippen molar-refractivity contribution in [3.05, 3.63) is 65.2 Å². The van der Waals surface area contributed by atoms with Crippen LogP contribution in [0.2, 0.25) is 5.02 Å². The highest BCUT2D eigenvalue weighted by molar-refractivity contribution is 7.99. The zero-order valence-corrected chi connectivity index (χ0v) is 19.5. The molecule has 0 radical (unpaired) electrons. The fourth-order valence-electron chi connectivity index (χ4n) is 4.35. The first-order valence-electron chi connectivity index (χ1n) is 10.9. The number of fused-ring (bicyclic) bond motifs is 1. The molecule has 0 bridgehead atoms. The maximum Gasteiger partial charge on any atom is 0.252 e. The van der Waals surface area contributed by atoms with Crippen molar-refractivity contribution in [2.75, 3.05) is 13.1 Å². The number of amides is 1. The summed E-state index contributed by atoms with van der Waals surface area (Å²) < 4.78 is 0. The minimum absolute atomic E-state index is 0.0520. The first-order chi connectivity index (χ1) is 15.0. The van der Waals surface area contributed by atoms with Crippen molar-refractivity contribution < 1.29 is 4.79 Å². The number of nitrogens with one attached hydrogen (secondary N) is 1. The predicted molar refractivity (Wildman–Crippen MR) is 129 cm³/mol. The normalized spacial score (nSPS) is 19.5. The number of benzene rings is 2. The monoisotopic (exact) mass is 453 g/mol. The van der Waals surface area contributed by atoms with Crippen LogP contribution in [0.1, 0.15) is 43.5 Å². The second-order valence-corrected chi connectivity index (χ2v) is 9.74. The Morgan fingerprint density at radius 3 is 2.68 bits per heavy atom. The summed E-state index contributed by atoms with van der Waals surface area (Å²) in [4.78, 5) is 21.4. The van der Waals surface area contributed by atoms with Crippen LogP contribution in [0, 0.1) is 0 Å². The third-order valence-corrected chi connectivity index (χ3v) is 7.13. The van der Waals surface area contributed by atoms with Gasteiger partial charge < -0.3 is 5.32 Å². The average Bonchev–Trinajstić information content (AvgIpc) is 2.75. The molecule has 0 aliphatic carbocycles. The van der Waals surface area contributed by atoms with Crippen molar-refractivity contribution in [1.29, 1.82) is 0 Å². The standard InChI is InChI=1S/C25H28ClN3OS/c1-17-7-5-8-18(2)29(17)14-13-27-25(30)22-16-24(28-23-12-4-3-11-21(22)23)31-20-10-6-9-19(26)15-20/h3-4,6,9-12,15-18H,5,7-8,13-14H2,1-2H3,(H,27,30)/t17-,18-/m1/s1. The molecule has 0 saturated carbocycles. The van der Waals surface area contributed by atoms with Crippen LogP contribution in [-0.4, -0.2) is 41.0 Å². The quantitative estimate of drug-likeness (QED) is 0.494. The highest BCUT2D eigenvalue weighted by atomic mass is 35.5. The number of piperidine rings is 1. The van der Waals surface area contributed by atoms with Crippen LogP contribution in [0.4, 0.5) is 0 Å².